The minimum atomic E-state index is -4.51. The lowest BCUT2D eigenvalue weighted by Gasteiger charge is -2.13. The molecule has 2 rings (SSSR count). The van der Waals surface area contributed by atoms with Crippen molar-refractivity contribution < 1.29 is 17.9 Å². The van der Waals surface area contributed by atoms with E-state index in [-0.39, 0.29) is 11.3 Å². The van der Waals surface area contributed by atoms with E-state index in [0.717, 1.165) is 23.8 Å². The van der Waals surface area contributed by atoms with Crippen molar-refractivity contribution in [1.82, 2.24) is 0 Å². The second-order valence-corrected chi connectivity index (χ2v) is 4.42. The molecule has 2 aromatic carbocycles. The van der Waals surface area contributed by atoms with E-state index in [4.69, 9.17) is 15.7 Å². The summed E-state index contributed by atoms with van der Waals surface area (Å²) in [6.45, 7) is 1.75. The molecule has 0 atom stereocenters. The zero-order valence-electron chi connectivity index (χ0n) is 11.0. The van der Waals surface area contributed by atoms with Crippen molar-refractivity contribution in [1.29, 1.82) is 5.26 Å². The van der Waals surface area contributed by atoms with E-state index in [1.165, 1.54) is 0 Å². The fourth-order valence-corrected chi connectivity index (χ4v) is 1.81. The van der Waals surface area contributed by atoms with Crippen LogP contribution >= 0.6 is 0 Å². The third-order valence-corrected chi connectivity index (χ3v) is 2.88. The second-order valence-electron chi connectivity index (χ2n) is 4.42. The molecule has 0 saturated heterocycles. The van der Waals surface area contributed by atoms with Crippen LogP contribution in [0, 0.1) is 18.3 Å². The highest BCUT2D eigenvalue weighted by Gasteiger charge is 2.31. The first-order chi connectivity index (χ1) is 9.82. The van der Waals surface area contributed by atoms with Crippen LogP contribution in [-0.2, 0) is 6.18 Å². The molecule has 0 spiro atoms. The minimum absolute atomic E-state index is 0.0338. The molecule has 0 aromatic heterocycles. The summed E-state index contributed by atoms with van der Waals surface area (Å²) >= 11 is 0. The first-order valence-electron chi connectivity index (χ1n) is 5.97. The van der Waals surface area contributed by atoms with E-state index < -0.39 is 11.7 Å². The zero-order valence-corrected chi connectivity index (χ0v) is 11.0. The van der Waals surface area contributed by atoms with Crippen LogP contribution in [0.4, 0.5) is 18.9 Å². The van der Waals surface area contributed by atoms with Crippen LogP contribution in [0.2, 0.25) is 0 Å². The maximum absolute atomic E-state index is 12.6. The molecule has 0 radical (unpaired) electrons. The molecule has 0 heterocycles. The number of anilines is 1. The lowest BCUT2D eigenvalue weighted by Crippen LogP contribution is -2.05. The number of nitrogens with two attached hydrogens (primary N) is 1. The van der Waals surface area contributed by atoms with Gasteiger partial charge in [0.1, 0.15) is 11.8 Å². The molecule has 2 N–H and O–H groups in total. The Kier molecular flexibility index (Phi) is 3.76. The van der Waals surface area contributed by atoms with Gasteiger partial charge in [0.2, 0.25) is 0 Å². The van der Waals surface area contributed by atoms with Crippen molar-refractivity contribution in [3.63, 3.8) is 0 Å². The summed E-state index contributed by atoms with van der Waals surface area (Å²) in [5.41, 5.74) is 5.74. The summed E-state index contributed by atoms with van der Waals surface area (Å²) in [6, 6.07) is 9.53. The van der Waals surface area contributed by atoms with E-state index in [2.05, 4.69) is 0 Å². The summed E-state index contributed by atoms with van der Waals surface area (Å²) in [5.74, 6) is 0.361. The van der Waals surface area contributed by atoms with Crippen molar-refractivity contribution in [2.75, 3.05) is 5.73 Å². The number of hydrogen-bond donors (Lipinski definition) is 1. The number of halogens is 3. The highest BCUT2D eigenvalue weighted by atomic mass is 19.4. The molecule has 0 unspecified atom stereocenters. The molecule has 0 amide bonds. The average Bonchev–Trinajstić information content (AvgIpc) is 2.42. The molecule has 0 fully saturated rings. The lowest BCUT2D eigenvalue weighted by atomic mass is 10.1. The van der Waals surface area contributed by atoms with Crippen molar-refractivity contribution in [2.45, 2.75) is 13.1 Å². The van der Waals surface area contributed by atoms with Crippen LogP contribution in [0.1, 0.15) is 16.7 Å². The number of para-hydroxylation sites is 1. The van der Waals surface area contributed by atoms with Crippen molar-refractivity contribution >= 4 is 5.69 Å². The molecule has 0 aliphatic rings. The summed E-state index contributed by atoms with van der Waals surface area (Å²) in [7, 11) is 0. The third-order valence-electron chi connectivity index (χ3n) is 2.88. The van der Waals surface area contributed by atoms with E-state index in [9.17, 15) is 13.2 Å². The normalized spacial score (nSPS) is 11.0. The van der Waals surface area contributed by atoms with Gasteiger partial charge in [-0.05, 0) is 36.8 Å². The van der Waals surface area contributed by atoms with Crippen LogP contribution in [0.15, 0.2) is 36.4 Å². The maximum Gasteiger partial charge on any atom is 0.416 e. The number of hydrogen-bond acceptors (Lipinski definition) is 3. The highest BCUT2D eigenvalue weighted by Crippen LogP contribution is 2.36. The monoisotopic (exact) mass is 292 g/mol. The van der Waals surface area contributed by atoms with Gasteiger partial charge in [-0.2, -0.15) is 18.4 Å². The minimum Gasteiger partial charge on any atom is -0.454 e. The quantitative estimate of drug-likeness (QED) is 0.841. The summed E-state index contributed by atoms with van der Waals surface area (Å²) in [6.07, 6.45) is -4.51. The number of benzene rings is 2. The van der Waals surface area contributed by atoms with Gasteiger partial charge in [-0.3, -0.25) is 0 Å². The molecular formula is C15H11F3N2O. The van der Waals surface area contributed by atoms with Gasteiger partial charge in [-0.25, -0.2) is 0 Å². The molecule has 0 saturated carbocycles. The van der Waals surface area contributed by atoms with Crippen LogP contribution in [0.3, 0.4) is 0 Å². The largest absolute Gasteiger partial charge is 0.454 e. The molecule has 0 aliphatic heterocycles. The fraction of sp³-hybridized carbons (Fsp3) is 0.133. The van der Waals surface area contributed by atoms with Gasteiger partial charge in [-0.15, -0.1) is 0 Å². The van der Waals surface area contributed by atoms with E-state index in [1.54, 1.807) is 31.2 Å². The van der Waals surface area contributed by atoms with Crippen molar-refractivity contribution in [2.24, 2.45) is 0 Å². The fourth-order valence-electron chi connectivity index (χ4n) is 1.81. The Balaban J connectivity index is 2.44. The van der Waals surface area contributed by atoms with Crippen LogP contribution < -0.4 is 10.5 Å². The molecule has 0 bridgehead atoms. The predicted molar refractivity (Wildman–Crippen MR) is 71.8 cm³/mol. The van der Waals surface area contributed by atoms with Gasteiger partial charge in [0.05, 0.1) is 16.8 Å². The first-order valence-corrected chi connectivity index (χ1v) is 5.97. The average molecular weight is 292 g/mol. The molecule has 3 nitrogen and oxygen atoms in total. The van der Waals surface area contributed by atoms with Crippen LogP contribution in [-0.4, -0.2) is 0 Å². The van der Waals surface area contributed by atoms with E-state index in [0.29, 0.717) is 11.4 Å². The SMILES string of the molecule is Cc1cccc(N)c1Oc1ccc(C(F)(F)F)cc1C#N. The Labute approximate surface area is 119 Å². The number of alkyl halides is 3. The van der Waals surface area contributed by atoms with Gasteiger partial charge in [-0.1, -0.05) is 12.1 Å². The van der Waals surface area contributed by atoms with Gasteiger partial charge in [0.15, 0.2) is 5.75 Å². The molecule has 108 valence electrons. The Morgan fingerprint density at radius 3 is 2.48 bits per heavy atom. The number of rotatable bonds is 2. The van der Waals surface area contributed by atoms with Crippen molar-refractivity contribution in [3.8, 4) is 17.6 Å². The van der Waals surface area contributed by atoms with Gasteiger partial charge >= 0.3 is 6.18 Å². The number of nitriles is 1. The topological polar surface area (TPSA) is 59.0 Å². The Hall–Kier alpha value is -2.68. The van der Waals surface area contributed by atoms with Crippen molar-refractivity contribution in [3.05, 3.63) is 53.1 Å². The first kappa shape index (κ1) is 14.7. The van der Waals surface area contributed by atoms with E-state index >= 15 is 0 Å². The van der Waals surface area contributed by atoms with Crippen LogP contribution in [0.25, 0.3) is 0 Å². The third kappa shape index (κ3) is 3.08. The molecule has 2 aromatic rings. The van der Waals surface area contributed by atoms with E-state index in [1.807, 2.05) is 0 Å². The Morgan fingerprint density at radius 2 is 1.90 bits per heavy atom. The maximum atomic E-state index is 12.6. The smallest absolute Gasteiger partial charge is 0.416 e. The molecule has 21 heavy (non-hydrogen) atoms. The number of ether oxygens (including phenoxy) is 1. The summed E-state index contributed by atoms with van der Waals surface area (Å²) in [5, 5.41) is 9.00. The number of aryl methyl sites for hydroxylation is 1. The van der Waals surface area contributed by atoms with Gasteiger partial charge < -0.3 is 10.5 Å². The van der Waals surface area contributed by atoms with Gasteiger partial charge in [0.25, 0.3) is 0 Å². The number of nitrogen functional groups attached to an aromatic ring is 1. The summed E-state index contributed by atoms with van der Waals surface area (Å²) < 4.78 is 43.4. The molecular weight excluding hydrogens is 281 g/mol. The second kappa shape index (κ2) is 5.37. The highest BCUT2D eigenvalue weighted by molar-refractivity contribution is 5.59. The summed E-state index contributed by atoms with van der Waals surface area (Å²) in [4.78, 5) is 0. The lowest BCUT2D eigenvalue weighted by molar-refractivity contribution is -0.137. The Morgan fingerprint density at radius 1 is 1.19 bits per heavy atom. The molecule has 6 heteroatoms. The Bertz CT molecular complexity index is 698. The van der Waals surface area contributed by atoms with Crippen LogP contribution in [0.5, 0.6) is 11.5 Å². The zero-order chi connectivity index (χ0) is 15.6. The molecule has 0 aliphatic carbocycles. The van der Waals surface area contributed by atoms with Gasteiger partial charge in [0, 0.05) is 0 Å². The standard InChI is InChI=1S/C15H11F3N2O/c1-9-3-2-4-12(20)14(9)21-13-6-5-11(15(16,17)18)7-10(13)8-19/h2-7H,20H2,1H3. The number of nitrogens with zero attached hydrogens (tertiary/aromatic N) is 1. The predicted octanol–water partition coefficient (Wildman–Crippen LogP) is 4.26.